The van der Waals surface area contributed by atoms with Crippen LogP contribution in [0.4, 0.5) is 5.69 Å². The van der Waals surface area contributed by atoms with Crippen molar-refractivity contribution in [1.29, 1.82) is 5.26 Å². The second-order valence-corrected chi connectivity index (χ2v) is 2.07. The molecule has 0 atom stereocenters. The van der Waals surface area contributed by atoms with Gasteiger partial charge in [0.15, 0.2) is 0 Å². The minimum absolute atomic E-state index is 0.340. The fourth-order valence-corrected chi connectivity index (χ4v) is 0.744. The van der Waals surface area contributed by atoms with Crippen LogP contribution >= 0.6 is 0 Å². The van der Waals surface area contributed by atoms with Gasteiger partial charge in [0.1, 0.15) is 6.07 Å². The first-order valence-electron chi connectivity index (χ1n) is 3.04. The lowest BCUT2D eigenvalue weighted by Crippen LogP contribution is -1.95. The summed E-state index contributed by atoms with van der Waals surface area (Å²) in [7, 11) is 0. The van der Waals surface area contributed by atoms with E-state index in [1.165, 1.54) is 12.1 Å². The summed E-state index contributed by atoms with van der Waals surface area (Å²) in [5, 5.41) is 8.24. The van der Waals surface area contributed by atoms with Gasteiger partial charge in [-0.25, -0.2) is 0 Å². The lowest BCUT2D eigenvalue weighted by molar-refractivity contribution is 0.105. The van der Waals surface area contributed by atoms with Gasteiger partial charge in [0.05, 0.1) is 0 Å². The highest BCUT2D eigenvalue weighted by Crippen LogP contribution is 2.06. The number of nitrogens with two attached hydrogens (primary N) is 1. The molecule has 1 rings (SSSR count). The fourth-order valence-electron chi connectivity index (χ4n) is 0.744. The number of carbonyl (C=O) groups excluding carboxylic acids is 1. The number of hydrogen-bond donors (Lipinski definition) is 1. The molecule has 1 aromatic carbocycles. The number of nitrogen functional groups attached to an aromatic ring is 1. The van der Waals surface area contributed by atoms with Crippen LogP contribution in [0.3, 0.4) is 0 Å². The zero-order valence-electron chi connectivity index (χ0n) is 5.74. The van der Waals surface area contributed by atoms with Crippen LogP contribution in [0.25, 0.3) is 0 Å². The van der Waals surface area contributed by atoms with Gasteiger partial charge in [-0.05, 0) is 12.1 Å². The molecule has 0 aliphatic rings. The first-order chi connectivity index (χ1) is 5.24. The molecule has 0 amide bonds. The van der Waals surface area contributed by atoms with Gasteiger partial charge < -0.3 is 5.73 Å². The van der Waals surface area contributed by atoms with Gasteiger partial charge in [-0.15, -0.1) is 0 Å². The van der Waals surface area contributed by atoms with E-state index in [4.69, 9.17) is 11.0 Å². The number of hydrogen-bond acceptors (Lipinski definition) is 3. The maximum atomic E-state index is 10.7. The van der Waals surface area contributed by atoms with Crippen LogP contribution in [0, 0.1) is 11.3 Å². The molecule has 0 aliphatic carbocycles. The molecule has 0 heterocycles. The van der Waals surface area contributed by atoms with Crippen molar-refractivity contribution in [2.24, 2.45) is 0 Å². The van der Waals surface area contributed by atoms with Crippen molar-refractivity contribution in [1.82, 2.24) is 0 Å². The van der Waals surface area contributed by atoms with E-state index in [0.717, 1.165) is 0 Å². The Morgan fingerprint density at radius 1 is 1.55 bits per heavy atom. The monoisotopic (exact) mass is 146 g/mol. The third-order valence-electron chi connectivity index (χ3n) is 1.25. The van der Waals surface area contributed by atoms with E-state index in [9.17, 15) is 4.79 Å². The predicted octanol–water partition coefficient (Wildman–Crippen LogP) is 0.975. The number of anilines is 1. The Morgan fingerprint density at radius 2 is 2.27 bits per heavy atom. The maximum absolute atomic E-state index is 10.7. The Labute approximate surface area is 64.1 Å². The molecule has 0 bridgehead atoms. The molecule has 0 unspecified atom stereocenters. The van der Waals surface area contributed by atoms with Crippen LogP contribution in [-0.2, 0) is 0 Å². The van der Waals surface area contributed by atoms with Crippen molar-refractivity contribution in [3.05, 3.63) is 29.8 Å². The molecule has 0 saturated heterocycles. The summed E-state index contributed by atoms with van der Waals surface area (Å²) in [6, 6.07) is 7.85. The molecule has 54 valence electrons. The van der Waals surface area contributed by atoms with Crippen molar-refractivity contribution in [3.8, 4) is 6.07 Å². The zero-order chi connectivity index (χ0) is 8.27. The summed E-state index contributed by atoms with van der Waals surface area (Å²) in [5.74, 6) is -0.558. The highest BCUT2D eigenvalue weighted by molar-refractivity contribution is 6.07. The Morgan fingerprint density at radius 3 is 2.82 bits per heavy atom. The molecule has 3 heteroatoms. The van der Waals surface area contributed by atoms with Gasteiger partial charge >= 0.3 is 0 Å². The van der Waals surface area contributed by atoms with E-state index in [2.05, 4.69) is 0 Å². The average molecular weight is 146 g/mol. The average Bonchev–Trinajstić information content (AvgIpc) is 2.03. The van der Waals surface area contributed by atoms with Crippen LogP contribution < -0.4 is 5.73 Å². The first kappa shape index (κ1) is 7.29. The van der Waals surface area contributed by atoms with Gasteiger partial charge in [-0.3, -0.25) is 4.79 Å². The molecule has 0 fully saturated rings. The van der Waals surface area contributed by atoms with Crippen LogP contribution in [-0.4, -0.2) is 5.78 Å². The molecule has 3 nitrogen and oxygen atoms in total. The van der Waals surface area contributed by atoms with Crippen LogP contribution in [0.2, 0.25) is 0 Å². The minimum Gasteiger partial charge on any atom is -0.399 e. The van der Waals surface area contributed by atoms with E-state index in [-0.39, 0.29) is 0 Å². The van der Waals surface area contributed by atoms with E-state index in [1.807, 2.05) is 0 Å². The first-order valence-corrected chi connectivity index (χ1v) is 3.04. The zero-order valence-corrected chi connectivity index (χ0v) is 5.74. The third-order valence-corrected chi connectivity index (χ3v) is 1.25. The lowest BCUT2D eigenvalue weighted by atomic mass is 10.1. The topological polar surface area (TPSA) is 66.9 Å². The molecule has 0 saturated carbocycles. The van der Waals surface area contributed by atoms with Gasteiger partial charge in [-0.2, -0.15) is 5.26 Å². The summed E-state index contributed by atoms with van der Waals surface area (Å²) in [6.45, 7) is 0. The minimum atomic E-state index is -0.558. The Bertz CT molecular complexity index is 325. The molecule has 11 heavy (non-hydrogen) atoms. The number of nitrogens with zero attached hydrogens (tertiary/aromatic N) is 1. The summed E-state index contributed by atoms with van der Waals surface area (Å²) < 4.78 is 0. The van der Waals surface area contributed by atoms with E-state index in [1.54, 1.807) is 18.2 Å². The molecule has 0 aliphatic heterocycles. The lowest BCUT2D eigenvalue weighted by Gasteiger charge is -1.93. The van der Waals surface area contributed by atoms with Crippen molar-refractivity contribution in [2.75, 3.05) is 5.73 Å². The molecular weight excluding hydrogens is 140 g/mol. The van der Waals surface area contributed by atoms with Crippen LogP contribution in [0.5, 0.6) is 0 Å². The van der Waals surface area contributed by atoms with E-state index >= 15 is 0 Å². The molecule has 0 aromatic heterocycles. The largest absolute Gasteiger partial charge is 0.399 e. The number of carbonyl (C=O) groups is 1. The summed E-state index contributed by atoms with van der Waals surface area (Å²) in [6.07, 6.45) is 0. The van der Waals surface area contributed by atoms with Crippen molar-refractivity contribution in [2.45, 2.75) is 0 Å². The predicted molar refractivity (Wildman–Crippen MR) is 40.8 cm³/mol. The molecule has 0 radical (unpaired) electrons. The van der Waals surface area contributed by atoms with Gasteiger partial charge in [0.2, 0.25) is 0 Å². The molecular formula is C8H6N2O. The summed E-state index contributed by atoms with van der Waals surface area (Å²) >= 11 is 0. The van der Waals surface area contributed by atoms with Crippen molar-refractivity contribution in [3.63, 3.8) is 0 Å². The Balaban J connectivity index is 3.08. The molecule has 0 spiro atoms. The van der Waals surface area contributed by atoms with E-state index < -0.39 is 5.78 Å². The van der Waals surface area contributed by atoms with Gasteiger partial charge in [0, 0.05) is 11.3 Å². The third kappa shape index (κ3) is 1.55. The smallest absolute Gasteiger partial charge is 0.262 e. The quantitative estimate of drug-likeness (QED) is 0.364. The maximum Gasteiger partial charge on any atom is 0.262 e. The van der Waals surface area contributed by atoms with Crippen LogP contribution in [0.1, 0.15) is 10.4 Å². The highest BCUT2D eigenvalue weighted by atomic mass is 16.1. The standard InChI is InChI=1S/C8H6N2O/c9-5-8(11)6-2-1-3-7(10)4-6/h1-4H,10H2. The second kappa shape index (κ2) is 2.84. The highest BCUT2D eigenvalue weighted by Gasteiger charge is 2.02. The number of benzene rings is 1. The van der Waals surface area contributed by atoms with Crippen molar-refractivity contribution < 1.29 is 4.79 Å². The Kier molecular flexibility index (Phi) is 1.88. The molecule has 1 aromatic rings. The van der Waals surface area contributed by atoms with Crippen LogP contribution in [0.15, 0.2) is 24.3 Å². The van der Waals surface area contributed by atoms with Gasteiger partial charge in [-0.1, -0.05) is 12.1 Å². The number of rotatable bonds is 1. The normalized spacial score (nSPS) is 8.64. The number of Topliss-reactive ketones (excluding diaryl/α,β-unsaturated/α-hetero) is 1. The van der Waals surface area contributed by atoms with Crippen molar-refractivity contribution >= 4 is 11.5 Å². The Hall–Kier alpha value is -1.82. The second-order valence-electron chi connectivity index (χ2n) is 2.07. The molecule has 2 N–H and O–H groups in total. The van der Waals surface area contributed by atoms with Gasteiger partial charge in [0.25, 0.3) is 5.78 Å². The number of nitriles is 1. The van der Waals surface area contributed by atoms with E-state index in [0.29, 0.717) is 11.3 Å². The summed E-state index contributed by atoms with van der Waals surface area (Å²) in [4.78, 5) is 10.7. The fraction of sp³-hybridized carbons (Fsp3) is 0. The summed E-state index contributed by atoms with van der Waals surface area (Å²) in [5.41, 5.74) is 6.22. The number of ketones is 1. The SMILES string of the molecule is N#CC(=O)c1cccc(N)c1.